The topological polar surface area (TPSA) is 22.4 Å². The Kier molecular flexibility index (Phi) is 3.13. The lowest BCUT2D eigenvalue weighted by atomic mass is 10.2. The van der Waals surface area contributed by atoms with Gasteiger partial charge in [0.1, 0.15) is 18.2 Å². The number of ether oxygens (including phenoxy) is 1. The van der Waals surface area contributed by atoms with E-state index in [9.17, 15) is 4.39 Å². The van der Waals surface area contributed by atoms with Crippen LogP contribution in [-0.2, 0) is 6.61 Å². The fourth-order valence-corrected chi connectivity index (χ4v) is 2.10. The van der Waals surface area contributed by atoms with Crippen LogP contribution in [0.25, 0.3) is 11.0 Å². The predicted molar refractivity (Wildman–Crippen MR) is 72.0 cm³/mol. The molecule has 0 atom stereocenters. The van der Waals surface area contributed by atoms with E-state index in [1.54, 1.807) is 24.5 Å². The minimum atomic E-state index is -0.284. The minimum absolute atomic E-state index is 0.284. The van der Waals surface area contributed by atoms with Crippen LogP contribution < -0.4 is 4.74 Å². The lowest BCUT2D eigenvalue weighted by Crippen LogP contribution is -1.94. The van der Waals surface area contributed by atoms with Gasteiger partial charge in [-0.05, 0) is 30.3 Å². The van der Waals surface area contributed by atoms with Gasteiger partial charge in [-0.15, -0.1) is 0 Å². The molecule has 4 heteroatoms. The number of benzene rings is 2. The Hall–Kier alpha value is -2.00. The van der Waals surface area contributed by atoms with Crippen LogP contribution >= 0.6 is 11.6 Å². The maximum absolute atomic E-state index is 12.8. The van der Waals surface area contributed by atoms with Gasteiger partial charge in [0.05, 0.1) is 11.3 Å². The molecule has 0 aliphatic carbocycles. The lowest BCUT2D eigenvalue weighted by molar-refractivity contribution is 0.305. The number of furan rings is 1. The maximum atomic E-state index is 12.8. The number of hydrogen-bond donors (Lipinski definition) is 0. The van der Waals surface area contributed by atoms with E-state index < -0.39 is 0 Å². The van der Waals surface area contributed by atoms with Crippen molar-refractivity contribution in [3.05, 3.63) is 65.1 Å². The van der Waals surface area contributed by atoms with Crippen LogP contribution in [0.1, 0.15) is 5.56 Å². The molecule has 96 valence electrons. The van der Waals surface area contributed by atoms with Gasteiger partial charge in [0.25, 0.3) is 0 Å². The van der Waals surface area contributed by atoms with Gasteiger partial charge in [-0.3, -0.25) is 0 Å². The summed E-state index contributed by atoms with van der Waals surface area (Å²) in [5.74, 6) is 0.325. The van der Waals surface area contributed by atoms with Gasteiger partial charge in [-0.25, -0.2) is 4.39 Å². The third kappa shape index (κ3) is 2.42. The molecule has 0 aliphatic rings. The van der Waals surface area contributed by atoms with Crippen molar-refractivity contribution >= 4 is 22.6 Å². The smallest absolute Gasteiger partial charge is 0.152 e. The summed E-state index contributed by atoms with van der Waals surface area (Å²) in [6, 6.07) is 11.5. The third-order valence-corrected chi connectivity index (χ3v) is 3.14. The van der Waals surface area contributed by atoms with Crippen molar-refractivity contribution in [2.24, 2.45) is 0 Å². The van der Waals surface area contributed by atoms with E-state index in [2.05, 4.69) is 0 Å². The van der Waals surface area contributed by atoms with Crippen LogP contribution in [0.5, 0.6) is 5.75 Å². The summed E-state index contributed by atoms with van der Waals surface area (Å²) in [7, 11) is 0. The highest BCUT2D eigenvalue weighted by molar-refractivity contribution is 6.34. The average molecular weight is 277 g/mol. The molecule has 0 spiro atoms. The van der Waals surface area contributed by atoms with Crippen molar-refractivity contribution in [3.8, 4) is 5.75 Å². The van der Waals surface area contributed by atoms with E-state index in [0.717, 1.165) is 10.9 Å². The molecule has 0 aliphatic heterocycles. The van der Waals surface area contributed by atoms with Crippen LogP contribution in [0.15, 0.2) is 53.1 Å². The molecule has 2 nitrogen and oxygen atoms in total. The number of hydrogen-bond acceptors (Lipinski definition) is 2. The molecule has 0 radical (unpaired) electrons. The van der Waals surface area contributed by atoms with Gasteiger partial charge in [-0.1, -0.05) is 23.7 Å². The Morgan fingerprint density at radius 3 is 2.68 bits per heavy atom. The number of halogens is 2. The Morgan fingerprint density at radius 1 is 1.11 bits per heavy atom. The second-order valence-electron chi connectivity index (χ2n) is 4.12. The van der Waals surface area contributed by atoms with Crippen LogP contribution in [0.3, 0.4) is 0 Å². The number of fused-ring (bicyclic) bond motifs is 1. The van der Waals surface area contributed by atoms with Crippen molar-refractivity contribution < 1.29 is 13.5 Å². The summed E-state index contributed by atoms with van der Waals surface area (Å²) < 4.78 is 23.8. The molecule has 2 aromatic carbocycles. The highest BCUT2D eigenvalue weighted by Crippen LogP contribution is 2.28. The van der Waals surface area contributed by atoms with E-state index in [0.29, 0.717) is 23.0 Å². The number of rotatable bonds is 3. The fourth-order valence-electron chi connectivity index (χ4n) is 1.88. The van der Waals surface area contributed by atoms with Crippen LogP contribution in [0.2, 0.25) is 5.02 Å². The molecular weight excluding hydrogens is 267 g/mol. The normalized spacial score (nSPS) is 10.8. The molecule has 0 unspecified atom stereocenters. The largest absolute Gasteiger partial charge is 0.489 e. The Balaban J connectivity index is 1.82. The second-order valence-corrected chi connectivity index (χ2v) is 4.53. The lowest BCUT2D eigenvalue weighted by Gasteiger charge is -2.04. The van der Waals surface area contributed by atoms with Crippen molar-refractivity contribution in [2.75, 3.05) is 0 Å². The van der Waals surface area contributed by atoms with Gasteiger partial charge in [0.15, 0.2) is 5.58 Å². The molecule has 1 aromatic heterocycles. The van der Waals surface area contributed by atoms with Crippen LogP contribution in [0, 0.1) is 5.82 Å². The highest BCUT2D eigenvalue weighted by atomic mass is 35.5. The summed E-state index contributed by atoms with van der Waals surface area (Å²) in [6.07, 6.45) is 1.63. The van der Waals surface area contributed by atoms with Crippen LogP contribution in [0.4, 0.5) is 4.39 Å². The van der Waals surface area contributed by atoms with Gasteiger partial charge in [0.2, 0.25) is 0 Å². The molecule has 19 heavy (non-hydrogen) atoms. The average Bonchev–Trinajstić information content (AvgIpc) is 2.83. The first-order valence-corrected chi connectivity index (χ1v) is 6.15. The quantitative estimate of drug-likeness (QED) is 0.685. The summed E-state index contributed by atoms with van der Waals surface area (Å²) in [6.45, 7) is 0.346. The van der Waals surface area contributed by atoms with Gasteiger partial charge in [0, 0.05) is 10.9 Å². The van der Waals surface area contributed by atoms with Crippen molar-refractivity contribution in [2.45, 2.75) is 6.61 Å². The zero-order valence-electron chi connectivity index (χ0n) is 9.90. The summed E-state index contributed by atoms with van der Waals surface area (Å²) in [5, 5.41) is 1.50. The van der Waals surface area contributed by atoms with E-state index in [-0.39, 0.29) is 5.82 Å². The monoisotopic (exact) mass is 276 g/mol. The second kappa shape index (κ2) is 4.94. The SMILES string of the molecule is Fc1ccc(OCc2coc3c(Cl)cccc23)cc1. The van der Waals surface area contributed by atoms with E-state index in [4.69, 9.17) is 20.8 Å². The van der Waals surface area contributed by atoms with E-state index >= 15 is 0 Å². The zero-order chi connectivity index (χ0) is 13.2. The Labute approximate surface area is 114 Å². The minimum Gasteiger partial charge on any atom is -0.489 e. The first-order valence-electron chi connectivity index (χ1n) is 5.77. The maximum Gasteiger partial charge on any atom is 0.152 e. The fraction of sp³-hybridized carbons (Fsp3) is 0.0667. The van der Waals surface area contributed by atoms with Gasteiger partial charge in [-0.2, -0.15) is 0 Å². The molecule has 0 N–H and O–H groups in total. The zero-order valence-corrected chi connectivity index (χ0v) is 10.7. The van der Waals surface area contributed by atoms with E-state index in [1.807, 2.05) is 12.1 Å². The number of para-hydroxylation sites is 1. The Bertz CT molecular complexity index is 704. The summed E-state index contributed by atoms with van der Waals surface area (Å²) in [4.78, 5) is 0. The summed E-state index contributed by atoms with van der Waals surface area (Å²) in [5.41, 5.74) is 1.56. The first-order chi connectivity index (χ1) is 9.24. The molecule has 0 fully saturated rings. The van der Waals surface area contributed by atoms with Crippen molar-refractivity contribution in [1.29, 1.82) is 0 Å². The first kappa shape index (κ1) is 12.1. The highest BCUT2D eigenvalue weighted by Gasteiger charge is 2.09. The summed E-state index contributed by atoms with van der Waals surface area (Å²) >= 11 is 6.03. The molecule has 0 saturated heterocycles. The molecule has 1 heterocycles. The predicted octanol–water partition coefficient (Wildman–Crippen LogP) is 4.80. The third-order valence-electron chi connectivity index (χ3n) is 2.84. The van der Waals surface area contributed by atoms with Crippen molar-refractivity contribution in [3.63, 3.8) is 0 Å². The van der Waals surface area contributed by atoms with E-state index in [1.165, 1.54) is 12.1 Å². The Morgan fingerprint density at radius 2 is 1.89 bits per heavy atom. The molecule has 0 bridgehead atoms. The van der Waals surface area contributed by atoms with Crippen molar-refractivity contribution in [1.82, 2.24) is 0 Å². The van der Waals surface area contributed by atoms with Crippen LogP contribution in [-0.4, -0.2) is 0 Å². The molecule has 3 aromatic rings. The molecule has 3 rings (SSSR count). The van der Waals surface area contributed by atoms with Gasteiger partial charge < -0.3 is 9.15 Å². The molecule has 0 amide bonds. The molecular formula is C15H10ClFO2. The standard InChI is InChI=1S/C15H10ClFO2/c16-14-3-1-2-13-10(9-19-15(13)14)8-18-12-6-4-11(17)5-7-12/h1-7,9H,8H2. The molecule has 0 saturated carbocycles. The van der Waals surface area contributed by atoms with Gasteiger partial charge >= 0.3 is 0 Å².